The molecule has 0 saturated carbocycles. The maximum atomic E-state index is 13.2. The highest BCUT2D eigenvalue weighted by Crippen LogP contribution is 2.32. The van der Waals surface area contributed by atoms with E-state index in [1.807, 2.05) is 41.8 Å². The number of hydrogen-bond acceptors (Lipinski definition) is 5. The van der Waals surface area contributed by atoms with Gasteiger partial charge in [-0.2, -0.15) is 0 Å². The average molecular weight is 380 g/mol. The summed E-state index contributed by atoms with van der Waals surface area (Å²) in [6, 6.07) is 17.7. The summed E-state index contributed by atoms with van der Waals surface area (Å²) in [4.78, 5) is 13.0. The lowest BCUT2D eigenvalue weighted by atomic mass is 10.1. The van der Waals surface area contributed by atoms with E-state index in [2.05, 4.69) is 10.2 Å². The molecule has 0 fully saturated rings. The maximum Gasteiger partial charge on any atom is 0.183 e. The molecule has 0 radical (unpaired) electrons. The van der Waals surface area contributed by atoms with Crippen molar-refractivity contribution in [1.82, 2.24) is 10.2 Å². The number of ketones is 1. The van der Waals surface area contributed by atoms with E-state index in [1.54, 1.807) is 12.1 Å². The Hall–Kier alpha value is -2.57. The first-order chi connectivity index (χ1) is 12.7. The number of carbonyl (C=O) groups excluding carboxylic acids is 1. The van der Waals surface area contributed by atoms with Crippen molar-refractivity contribution in [2.75, 3.05) is 5.75 Å². The van der Waals surface area contributed by atoms with Gasteiger partial charge in [0.05, 0.1) is 10.6 Å². The third kappa shape index (κ3) is 3.38. The first-order valence-corrected chi connectivity index (χ1v) is 9.80. The third-order valence-corrected chi connectivity index (χ3v) is 5.80. The molecule has 0 amide bonds. The predicted octanol–water partition coefficient (Wildman–Crippen LogP) is 5.47. The summed E-state index contributed by atoms with van der Waals surface area (Å²) < 4.78 is 13.2. The van der Waals surface area contributed by atoms with Crippen LogP contribution in [0.25, 0.3) is 22.0 Å². The molecule has 0 saturated heterocycles. The van der Waals surface area contributed by atoms with Crippen molar-refractivity contribution in [1.29, 1.82) is 0 Å². The summed E-state index contributed by atoms with van der Waals surface area (Å²) in [6.07, 6.45) is 0. The molecule has 0 N–H and O–H groups in total. The molecule has 6 heteroatoms. The largest absolute Gasteiger partial charge is 0.292 e. The number of nitrogens with zero attached hydrogens (tertiary/aromatic N) is 2. The van der Waals surface area contributed by atoms with Gasteiger partial charge in [0.2, 0.25) is 0 Å². The van der Waals surface area contributed by atoms with Gasteiger partial charge in [0.1, 0.15) is 16.5 Å². The molecule has 2 aromatic heterocycles. The third-order valence-electron chi connectivity index (χ3n) is 3.91. The molecule has 0 spiro atoms. The van der Waals surface area contributed by atoms with Crippen molar-refractivity contribution in [3.8, 4) is 11.3 Å². The van der Waals surface area contributed by atoms with Gasteiger partial charge in [0, 0.05) is 16.3 Å². The molecule has 3 nitrogen and oxygen atoms in total. The van der Waals surface area contributed by atoms with Crippen LogP contribution in [0.2, 0.25) is 0 Å². The number of benzene rings is 2. The number of thioether (sulfide) groups is 1. The van der Waals surface area contributed by atoms with Gasteiger partial charge in [-0.3, -0.25) is 4.79 Å². The Labute approximate surface area is 157 Å². The van der Waals surface area contributed by atoms with Crippen LogP contribution in [-0.2, 0) is 0 Å². The van der Waals surface area contributed by atoms with E-state index >= 15 is 0 Å². The smallest absolute Gasteiger partial charge is 0.183 e. The summed E-state index contributed by atoms with van der Waals surface area (Å²) in [7, 11) is 0. The summed E-state index contributed by atoms with van der Waals surface area (Å²) in [5.41, 5.74) is 1.51. The number of thiophene rings is 1. The molecular formula is C20H13FN2OS2. The van der Waals surface area contributed by atoms with Gasteiger partial charge >= 0.3 is 0 Å². The molecule has 4 rings (SSSR count). The van der Waals surface area contributed by atoms with E-state index in [1.165, 1.54) is 35.2 Å². The zero-order valence-corrected chi connectivity index (χ0v) is 15.2. The zero-order chi connectivity index (χ0) is 17.9. The number of halogens is 1. The Morgan fingerprint density at radius 3 is 2.46 bits per heavy atom. The topological polar surface area (TPSA) is 42.9 Å². The minimum absolute atomic E-state index is 0.0819. The van der Waals surface area contributed by atoms with Gasteiger partial charge < -0.3 is 0 Å². The van der Waals surface area contributed by atoms with Crippen LogP contribution >= 0.6 is 23.1 Å². The SMILES string of the molecule is O=C(CSc1nnc(-c2ccc(F)cc2)c2ccccc12)c1cccs1. The van der Waals surface area contributed by atoms with E-state index in [0.717, 1.165) is 26.2 Å². The highest BCUT2D eigenvalue weighted by molar-refractivity contribution is 8.00. The Balaban J connectivity index is 1.68. The average Bonchev–Trinajstić information content (AvgIpc) is 3.21. The lowest BCUT2D eigenvalue weighted by molar-refractivity contribution is 0.102. The van der Waals surface area contributed by atoms with Crippen molar-refractivity contribution in [2.45, 2.75) is 5.03 Å². The van der Waals surface area contributed by atoms with Crippen molar-refractivity contribution < 1.29 is 9.18 Å². The van der Waals surface area contributed by atoms with Gasteiger partial charge in [0.15, 0.2) is 5.78 Å². The molecule has 0 aliphatic rings. The van der Waals surface area contributed by atoms with Gasteiger partial charge in [-0.1, -0.05) is 42.1 Å². The Morgan fingerprint density at radius 2 is 1.73 bits per heavy atom. The molecule has 0 aliphatic carbocycles. The van der Waals surface area contributed by atoms with Crippen LogP contribution in [0.4, 0.5) is 4.39 Å². The molecule has 0 unspecified atom stereocenters. The van der Waals surface area contributed by atoms with Crippen molar-refractivity contribution in [3.05, 3.63) is 76.7 Å². The number of rotatable bonds is 5. The summed E-state index contributed by atoms with van der Waals surface area (Å²) in [6.45, 7) is 0. The van der Waals surface area contributed by atoms with E-state index in [4.69, 9.17) is 0 Å². The normalized spacial score (nSPS) is 11.0. The van der Waals surface area contributed by atoms with Crippen LogP contribution < -0.4 is 0 Å². The fraction of sp³-hybridized carbons (Fsp3) is 0.0500. The van der Waals surface area contributed by atoms with E-state index in [0.29, 0.717) is 11.4 Å². The highest BCUT2D eigenvalue weighted by Gasteiger charge is 2.14. The highest BCUT2D eigenvalue weighted by atomic mass is 32.2. The number of Topliss-reactive ketones (excluding diaryl/α,β-unsaturated/α-hetero) is 1. The summed E-state index contributed by atoms with van der Waals surface area (Å²) in [5, 5.41) is 13.2. The number of fused-ring (bicyclic) bond motifs is 1. The molecule has 0 aliphatic heterocycles. The molecule has 128 valence electrons. The van der Waals surface area contributed by atoms with Crippen LogP contribution in [0.3, 0.4) is 0 Å². The number of carbonyl (C=O) groups is 1. The molecule has 2 heterocycles. The van der Waals surface area contributed by atoms with Crippen molar-refractivity contribution in [2.24, 2.45) is 0 Å². The number of aromatic nitrogens is 2. The fourth-order valence-electron chi connectivity index (χ4n) is 2.65. The van der Waals surface area contributed by atoms with Crippen LogP contribution in [0, 0.1) is 5.82 Å². The molecule has 0 atom stereocenters. The van der Waals surface area contributed by atoms with Crippen LogP contribution in [0.1, 0.15) is 9.67 Å². The quantitative estimate of drug-likeness (QED) is 0.340. The van der Waals surface area contributed by atoms with Crippen LogP contribution in [-0.4, -0.2) is 21.7 Å². The monoisotopic (exact) mass is 380 g/mol. The van der Waals surface area contributed by atoms with Crippen molar-refractivity contribution in [3.63, 3.8) is 0 Å². The van der Waals surface area contributed by atoms with E-state index < -0.39 is 0 Å². The summed E-state index contributed by atoms with van der Waals surface area (Å²) in [5.74, 6) is 0.110. The first kappa shape index (κ1) is 16.9. The van der Waals surface area contributed by atoms with Gasteiger partial charge in [-0.15, -0.1) is 21.5 Å². The second-order valence-electron chi connectivity index (χ2n) is 5.60. The Bertz CT molecular complexity index is 1060. The summed E-state index contributed by atoms with van der Waals surface area (Å²) >= 11 is 2.83. The molecule has 0 bridgehead atoms. The molecule has 26 heavy (non-hydrogen) atoms. The van der Waals surface area contributed by atoms with Crippen LogP contribution in [0.5, 0.6) is 0 Å². The van der Waals surface area contributed by atoms with E-state index in [9.17, 15) is 9.18 Å². The van der Waals surface area contributed by atoms with Crippen molar-refractivity contribution >= 4 is 39.7 Å². The minimum atomic E-state index is -0.287. The molecule has 4 aromatic rings. The van der Waals surface area contributed by atoms with Gasteiger partial charge in [-0.25, -0.2) is 4.39 Å². The fourth-order valence-corrected chi connectivity index (χ4v) is 4.26. The second-order valence-corrected chi connectivity index (χ2v) is 7.51. The van der Waals surface area contributed by atoms with Gasteiger partial charge in [-0.05, 0) is 35.7 Å². The minimum Gasteiger partial charge on any atom is -0.292 e. The van der Waals surface area contributed by atoms with Gasteiger partial charge in [0.25, 0.3) is 0 Å². The lowest BCUT2D eigenvalue weighted by Crippen LogP contribution is -2.01. The van der Waals surface area contributed by atoms with E-state index in [-0.39, 0.29) is 11.6 Å². The lowest BCUT2D eigenvalue weighted by Gasteiger charge is -2.09. The second kappa shape index (κ2) is 7.35. The maximum absolute atomic E-state index is 13.2. The number of hydrogen-bond donors (Lipinski definition) is 0. The predicted molar refractivity (Wildman–Crippen MR) is 104 cm³/mol. The first-order valence-electron chi connectivity index (χ1n) is 7.93. The molecular weight excluding hydrogens is 367 g/mol. The molecule has 2 aromatic carbocycles. The Morgan fingerprint density at radius 1 is 0.962 bits per heavy atom. The zero-order valence-electron chi connectivity index (χ0n) is 13.6. The van der Waals surface area contributed by atoms with Crippen LogP contribution in [0.15, 0.2) is 71.1 Å². The Kier molecular flexibility index (Phi) is 4.77. The standard InChI is InChI=1S/C20H13FN2OS2/c21-14-9-7-13(8-10-14)19-15-4-1-2-5-16(15)20(23-22-19)26-12-17(24)18-6-3-11-25-18/h1-11H,12H2.